The van der Waals surface area contributed by atoms with Crippen LogP contribution in [0.4, 0.5) is 0 Å². The Morgan fingerprint density at radius 3 is 2.53 bits per heavy atom. The Balaban J connectivity index is 2.12. The van der Waals surface area contributed by atoms with Crippen LogP contribution in [0, 0.1) is 0 Å². The number of amides is 1. The fourth-order valence-corrected chi connectivity index (χ4v) is 2.21. The highest BCUT2D eigenvalue weighted by molar-refractivity contribution is 5.88. The summed E-state index contributed by atoms with van der Waals surface area (Å²) in [7, 11) is 0. The predicted molar refractivity (Wildman–Crippen MR) is 70.5 cm³/mol. The molecule has 0 fully saturated rings. The van der Waals surface area contributed by atoms with Gasteiger partial charge in [0.15, 0.2) is 0 Å². The van der Waals surface area contributed by atoms with Gasteiger partial charge in [-0.05, 0) is 37.1 Å². The van der Waals surface area contributed by atoms with Crippen LogP contribution in [0.25, 0.3) is 0 Å². The number of nitrogens with zero attached hydrogens (tertiary/aromatic N) is 1. The van der Waals surface area contributed by atoms with Crippen LogP contribution >= 0.6 is 0 Å². The number of carboxylic acids is 1. The summed E-state index contributed by atoms with van der Waals surface area (Å²) in [6.45, 7) is 4.63. The number of carbonyl (C=O) groups is 2. The Labute approximate surface area is 112 Å². The molecule has 0 saturated carbocycles. The Hall–Kier alpha value is -1.88. The van der Waals surface area contributed by atoms with E-state index in [-0.39, 0.29) is 17.9 Å². The second-order valence-electron chi connectivity index (χ2n) is 5.70. The lowest BCUT2D eigenvalue weighted by Gasteiger charge is -2.22. The van der Waals surface area contributed by atoms with Crippen LogP contribution in [0.1, 0.15) is 41.8 Å². The molecule has 5 heteroatoms. The molecule has 0 saturated heterocycles. The van der Waals surface area contributed by atoms with E-state index in [2.05, 4.69) is 0 Å². The zero-order valence-electron chi connectivity index (χ0n) is 11.1. The van der Waals surface area contributed by atoms with Gasteiger partial charge in [0.25, 0.3) is 0 Å². The van der Waals surface area contributed by atoms with Crippen LogP contribution in [0.15, 0.2) is 18.2 Å². The normalized spacial score (nSPS) is 14.4. The van der Waals surface area contributed by atoms with Crippen molar-refractivity contribution >= 4 is 11.9 Å². The lowest BCUT2D eigenvalue weighted by molar-refractivity contribution is -0.132. The van der Waals surface area contributed by atoms with Crippen LogP contribution in [0.2, 0.25) is 0 Å². The highest BCUT2D eigenvalue weighted by atomic mass is 16.4. The van der Waals surface area contributed by atoms with E-state index in [1.165, 1.54) is 0 Å². The maximum atomic E-state index is 12.1. The molecule has 0 spiro atoms. The Kier molecular flexibility index (Phi) is 3.32. The molecule has 19 heavy (non-hydrogen) atoms. The smallest absolute Gasteiger partial charge is 0.335 e. The monoisotopic (exact) mass is 262 g/mol. The van der Waals surface area contributed by atoms with Crippen molar-refractivity contribution in [1.29, 1.82) is 0 Å². The van der Waals surface area contributed by atoms with Gasteiger partial charge in [0.2, 0.25) is 5.91 Å². The van der Waals surface area contributed by atoms with Crippen molar-refractivity contribution < 1.29 is 14.7 Å². The summed E-state index contributed by atoms with van der Waals surface area (Å²) in [6.07, 6.45) is 0.285. The molecule has 0 atom stereocenters. The van der Waals surface area contributed by atoms with E-state index in [0.717, 1.165) is 11.1 Å². The maximum absolute atomic E-state index is 12.1. The van der Waals surface area contributed by atoms with Gasteiger partial charge in [-0.1, -0.05) is 6.07 Å². The number of benzene rings is 1. The molecule has 0 unspecified atom stereocenters. The van der Waals surface area contributed by atoms with Crippen molar-refractivity contribution in [2.45, 2.75) is 38.9 Å². The Morgan fingerprint density at radius 2 is 1.95 bits per heavy atom. The maximum Gasteiger partial charge on any atom is 0.335 e. The first-order chi connectivity index (χ1) is 8.76. The van der Waals surface area contributed by atoms with E-state index < -0.39 is 11.5 Å². The summed E-state index contributed by atoms with van der Waals surface area (Å²) in [4.78, 5) is 24.7. The van der Waals surface area contributed by atoms with E-state index in [9.17, 15) is 9.59 Å². The van der Waals surface area contributed by atoms with Crippen molar-refractivity contribution in [1.82, 2.24) is 4.90 Å². The third kappa shape index (κ3) is 3.12. The summed E-state index contributed by atoms with van der Waals surface area (Å²) in [6, 6.07) is 4.99. The highest BCUT2D eigenvalue weighted by Gasteiger charge is 2.27. The van der Waals surface area contributed by atoms with E-state index in [1.807, 2.05) is 13.8 Å². The zero-order chi connectivity index (χ0) is 14.2. The molecule has 1 aliphatic rings. The average Bonchev–Trinajstić information content (AvgIpc) is 2.68. The molecule has 1 aliphatic heterocycles. The minimum Gasteiger partial charge on any atom is -0.478 e. The predicted octanol–water partition coefficient (Wildman–Crippen LogP) is 1.35. The molecule has 0 aromatic heterocycles. The molecular formula is C14H18N2O3. The van der Waals surface area contributed by atoms with Gasteiger partial charge in [0.05, 0.1) is 5.56 Å². The van der Waals surface area contributed by atoms with Gasteiger partial charge < -0.3 is 15.7 Å². The van der Waals surface area contributed by atoms with Gasteiger partial charge >= 0.3 is 5.97 Å². The van der Waals surface area contributed by atoms with Gasteiger partial charge in [-0.3, -0.25) is 4.79 Å². The molecule has 1 amide bonds. The van der Waals surface area contributed by atoms with Crippen LogP contribution < -0.4 is 5.73 Å². The van der Waals surface area contributed by atoms with E-state index in [1.54, 1.807) is 23.1 Å². The van der Waals surface area contributed by atoms with Crippen LogP contribution in [-0.4, -0.2) is 27.4 Å². The number of carbonyl (C=O) groups excluding carboxylic acids is 1. The standard InChI is InChI=1S/C14H18N2O3/c1-14(2,15)6-12(17)16-7-10-4-3-9(13(18)19)5-11(10)8-16/h3-5H,6-8,15H2,1-2H3,(H,18,19). The Morgan fingerprint density at radius 1 is 1.32 bits per heavy atom. The Bertz CT molecular complexity index is 532. The van der Waals surface area contributed by atoms with Crippen LogP contribution in [0.5, 0.6) is 0 Å². The molecular weight excluding hydrogens is 244 g/mol. The molecule has 0 bridgehead atoms. The van der Waals surface area contributed by atoms with Gasteiger partial charge in [0, 0.05) is 25.0 Å². The SMILES string of the molecule is CC(C)(N)CC(=O)N1Cc2ccc(C(=O)O)cc2C1. The number of hydrogen-bond donors (Lipinski definition) is 2. The minimum atomic E-state index is -0.948. The van der Waals surface area contributed by atoms with Gasteiger partial charge in [-0.15, -0.1) is 0 Å². The summed E-state index contributed by atoms with van der Waals surface area (Å²) < 4.78 is 0. The topological polar surface area (TPSA) is 83.6 Å². The zero-order valence-corrected chi connectivity index (χ0v) is 11.1. The van der Waals surface area contributed by atoms with Crippen molar-refractivity contribution in [2.75, 3.05) is 0 Å². The van der Waals surface area contributed by atoms with Crippen LogP contribution in [0.3, 0.4) is 0 Å². The van der Waals surface area contributed by atoms with Gasteiger partial charge in [-0.25, -0.2) is 4.79 Å². The minimum absolute atomic E-state index is 0.000532. The van der Waals surface area contributed by atoms with Crippen molar-refractivity contribution in [3.8, 4) is 0 Å². The fourth-order valence-electron chi connectivity index (χ4n) is 2.21. The molecule has 0 aliphatic carbocycles. The first kappa shape index (κ1) is 13.5. The first-order valence-corrected chi connectivity index (χ1v) is 6.18. The second-order valence-corrected chi connectivity index (χ2v) is 5.70. The van der Waals surface area contributed by atoms with Crippen molar-refractivity contribution in [2.24, 2.45) is 5.73 Å². The molecule has 5 nitrogen and oxygen atoms in total. The summed E-state index contributed by atoms with van der Waals surface area (Å²) in [5.41, 5.74) is 7.49. The molecule has 1 heterocycles. The molecule has 2 rings (SSSR count). The first-order valence-electron chi connectivity index (χ1n) is 6.18. The molecule has 3 N–H and O–H groups in total. The number of hydrogen-bond acceptors (Lipinski definition) is 3. The number of aromatic carboxylic acids is 1. The largest absolute Gasteiger partial charge is 0.478 e. The van der Waals surface area contributed by atoms with Crippen molar-refractivity contribution in [3.63, 3.8) is 0 Å². The highest BCUT2D eigenvalue weighted by Crippen LogP contribution is 2.25. The number of carboxylic acid groups (broad SMARTS) is 1. The summed E-state index contributed by atoms with van der Waals surface area (Å²) in [5, 5.41) is 8.95. The molecule has 102 valence electrons. The second kappa shape index (κ2) is 4.66. The average molecular weight is 262 g/mol. The van der Waals surface area contributed by atoms with E-state index >= 15 is 0 Å². The summed E-state index contributed by atoms with van der Waals surface area (Å²) in [5.74, 6) is -0.948. The van der Waals surface area contributed by atoms with Gasteiger partial charge in [-0.2, -0.15) is 0 Å². The third-order valence-electron chi connectivity index (χ3n) is 3.14. The fraction of sp³-hybridized carbons (Fsp3) is 0.429. The molecule has 1 aromatic carbocycles. The number of fused-ring (bicyclic) bond motifs is 1. The van der Waals surface area contributed by atoms with E-state index in [4.69, 9.17) is 10.8 Å². The molecule has 1 aromatic rings. The molecule has 0 radical (unpaired) electrons. The lowest BCUT2D eigenvalue weighted by atomic mass is 10.0. The third-order valence-corrected chi connectivity index (χ3v) is 3.14. The van der Waals surface area contributed by atoms with Crippen molar-refractivity contribution in [3.05, 3.63) is 34.9 Å². The van der Waals surface area contributed by atoms with Crippen LogP contribution in [-0.2, 0) is 17.9 Å². The summed E-state index contributed by atoms with van der Waals surface area (Å²) >= 11 is 0. The van der Waals surface area contributed by atoms with E-state index in [0.29, 0.717) is 13.1 Å². The quantitative estimate of drug-likeness (QED) is 0.861. The van der Waals surface area contributed by atoms with Gasteiger partial charge in [0.1, 0.15) is 0 Å². The number of rotatable bonds is 3. The lowest BCUT2D eigenvalue weighted by Crippen LogP contribution is -2.39. The number of nitrogens with two attached hydrogens (primary N) is 1.